The van der Waals surface area contributed by atoms with Gasteiger partial charge in [-0.25, -0.2) is 4.79 Å². The molecular formula is C17H22N2O5. The number of hydrogen-bond donors (Lipinski definition) is 0. The first-order chi connectivity index (χ1) is 11.3. The van der Waals surface area contributed by atoms with Gasteiger partial charge in [-0.2, -0.15) is 0 Å². The highest BCUT2D eigenvalue weighted by Gasteiger charge is 2.28. The van der Waals surface area contributed by atoms with Crippen LogP contribution in [-0.4, -0.2) is 41.4 Å². The molecule has 1 heterocycles. The van der Waals surface area contributed by atoms with E-state index in [0.29, 0.717) is 30.5 Å². The maximum Gasteiger partial charge on any atom is 0.345 e. The standard InChI is InChI=1S/C17H22N2O5/c1-11-7-12(2)9-18(8-11)15(20)10-24-17(21)14-6-4-5-13(3)16(14)19(22)23/h4-6,11-12H,7-10H2,1-3H3/t11-,12+. The van der Waals surface area contributed by atoms with E-state index in [1.165, 1.54) is 6.07 Å². The molecule has 0 unspecified atom stereocenters. The number of para-hydroxylation sites is 1. The molecule has 2 atom stereocenters. The first-order valence-electron chi connectivity index (χ1n) is 7.98. The van der Waals surface area contributed by atoms with Crippen LogP contribution in [0.4, 0.5) is 5.69 Å². The normalized spacial score (nSPS) is 20.5. The molecule has 7 nitrogen and oxygen atoms in total. The number of esters is 1. The summed E-state index contributed by atoms with van der Waals surface area (Å²) in [4.78, 5) is 36.6. The summed E-state index contributed by atoms with van der Waals surface area (Å²) in [5.41, 5.74) is -0.0391. The minimum absolute atomic E-state index is 0.131. The molecule has 130 valence electrons. The molecule has 0 N–H and O–H groups in total. The van der Waals surface area contributed by atoms with Crippen molar-refractivity contribution in [3.8, 4) is 0 Å². The molecule has 2 rings (SSSR count). The van der Waals surface area contributed by atoms with E-state index in [1.807, 2.05) is 0 Å². The van der Waals surface area contributed by atoms with Gasteiger partial charge in [0.05, 0.1) is 4.92 Å². The number of likely N-dealkylation sites (tertiary alicyclic amines) is 1. The van der Waals surface area contributed by atoms with Gasteiger partial charge in [0.1, 0.15) is 5.56 Å². The van der Waals surface area contributed by atoms with Crippen LogP contribution in [0.2, 0.25) is 0 Å². The third-order valence-corrected chi connectivity index (χ3v) is 4.19. The largest absolute Gasteiger partial charge is 0.452 e. The highest BCUT2D eigenvalue weighted by atomic mass is 16.6. The van der Waals surface area contributed by atoms with E-state index in [-0.39, 0.29) is 17.2 Å². The monoisotopic (exact) mass is 334 g/mol. The Labute approximate surface area is 140 Å². The lowest BCUT2D eigenvalue weighted by Gasteiger charge is -2.34. The molecule has 0 bridgehead atoms. The summed E-state index contributed by atoms with van der Waals surface area (Å²) in [6.07, 6.45) is 1.07. The molecule has 0 aromatic heterocycles. The number of nitro groups is 1. The molecule has 1 aromatic carbocycles. The van der Waals surface area contributed by atoms with Crippen molar-refractivity contribution in [2.45, 2.75) is 27.2 Å². The van der Waals surface area contributed by atoms with Crippen molar-refractivity contribution in [3.63, 3.8) is 0 Å². The third kappa shape index (κ3) is 4.10. The molecule has 0 aliphatic carbocycles. The van der Waals surface area contributed by atoms with Crippen molar-refractivity contribution in [2.24, 2.45) is 11.8 Å². The summed E-state index contributed by atoms with van der Waals surface area (Å²) >= 11 is 0. The molecule has 1 aliphatic rings. The molecule has 1 amide bonds. The van der Waals surface area contributed by atoms with E-state index < -0.39 is 17.5 Å². The van der Waals surface area contributed by atoms with Gasteiger partial charge in [0, 0.05) is 18.7 Å². The van der Waals surface area contributed by atoms with Crippen molar-refractivity contribution >= 4 is 17.6 Å². The van der Waals surface area contributed by atoms with E-state index in [4.69, 9.17) is 4.74 Å². The summed E-state index contributed by atoms with van der Waals surface area (Å²) in [6, 6.07) is 4.44. The molecule has 1 saturated heterocycles. The predicted octanol–water partition coefficient (Wildman–Crippen LogP) is 2.56. The van der Waals surface area contributed by atoms with Crippen LogP contribution in [0.3, 0.4) is 0 Å². The minimum atomic E-state index is -0.850. The predicted molar refractivity (Wildman–Crippen MR) is 87.6 cm³/mol. The van der Waals surface area contributed by atoms with E-state index in [0.717, 1.165) is 6.42 Å². The van der Waals surface area contributed by atoms with Crippen LogP contribution in [-0.2, 0) is 9.53 Å². The van der Waals surface area contributed by atoms with E-state index >= 15 is 0 Å². The molecule has 7 heteroatoms. The van der Waals surface area contributed by atoms with Crippen LogP contribution < -0.4 is 0 Å². The fourth-order valence-corrected chi connectivity index (χ4v) is 3.23. The topological polar surface area (TPSA) is 89.8 Å². The fraction of sp³-hybridized carbons (Fsp3) is 0.529. The maximum atomic E-state index is 12.2. The summed E-state index contributed by atoms with van der Waals surface area (Å²) in [5.74, 6) is -0.300. The second-order valence-corrected chi connectivity index (χ2v) is 6.55. The second-order valence-electron chi connectivity index (χ2n) is 6.55. The summed E-state index contributed by atoms with van der Waals surface area (Å²) in [7, 11) is 0. The average Bonchev–Trinajstić information content (AvgIpc) is 2.50. The van der Waals surface area contributed by atoms with Gasteiger partial charge >= 0.3 is 5.97 Å². The van der Waals surface area contributed by atoms with Gasteiger partial charge in [0.2, 0.25) is 0 Å². The Hall–Kier alpha value is -2.44. The Morgan fingerprint density at radius 2 is 1.92 bits per heavy atom. The van der Waals surface area contributed by atoms with Gasteiger partial charge in [-0.05, 0) is 31.2 Å². The van der Waals surface area contributed by atoms with Gasteiger partial charge < -0.3 is 9.64 Å². The Bertz CT molecular complexity index is 648. The molecule has 1 aliphatic heterocycles. The SMILES string of the molecule is Cc1cccc(C(=O)OCC(=O)N2C[C@H](C)C[C@H](C)C2)c1[N+](=O)[O-]. The zero-order chi connectivity index (χ0) is 17.9. The van der Waals surface area contributed by atoms with Crippen molar-refractivity contribution in [1.29, 1.82) is 0 Å². The molecule has 24 heavy (non-hydrogen) atoms. The van der Waals surface area contributed by atoms with Crippen LogP contribution in [0.25, 0.3) is 0 Å². The Morgan fingerprint density at radius 1 is 1.29 bits per heavy atom. The molecule has 0 saturated carbocycles. The van der Waals surface area contributed by atoms with Crippen LogP contribution in [0, 0.1) is 28.9 Å². The Kier molecular flexibility index (Phi) is 5.54. The smallest absolute Gasteiger partial charge is 0.345 e. The van der Waals surface area contributed by atoms with E-state index in [2.05, 4.69) is 13.8 Å². The lowest BCUT2D eigenvalue weighted by Crippen LogP contribution is -2.44. The number of hydrogen-bond acceptors (Lipinski definition) is 5. The Balaban J connectivity index is 2.02. The number of nitro benzene ring substituents is 1. The molecule has 1 aromatic rings. The number of carbonyl (C=O) groups is 2. The zero-order valence-electron chi connectivity index (χ0n) is 14.2. The van der Waals surface area contributed by atoms with Gasteiger partial charge in [-0.1, -0.05) is 26.0 Å². The van der Waals surface area contributed by atoms with Crippen LogP contribution in [0.1, 0.15) is 36.2 Å². The Morgan fingerprint density at radius 3 is 2.50 bits per heavy atom. The van der Waals surface area contributed by atoms with Gasteiger partial charge in [0.15, 0.2) is 6.61 Å². The quantitative estimate of drug-likeness (QED) is 0.479. The van der Waals surface area contributed by atoms with E-state index in [9.17, 15) is 19.7 Å². The van der Waals surface area contributed by atoms with Crippen LogP contribution in [0.5, 0.6) is 0 Å². The van der Waals surface area contributed by atoms with Gasteiger partial charge in [-0.15, -0.1) is 0 Å². The zero-order valence-corrected chi connectivity index (χ0v) is 14.2. The lowest BCUT2D eigenvalue weighted by atomic mass is 9.92. The van der Waals surface area contributed by atoms with Crippen LogP contribution >= 0.6 is 0 Å². The van der Waals surface area contributed by atoms with Gasteiger partial charge in [0.25, 0.3) is 11.6 Å². The van der Waals surface area contributed by atoms with Crippen molar-refractivity contribution < 1.29 is 19.2 Å². The lowest BCUT2D eigenvalue weighted by molar-refractivity contribution is -0.385. The van der Waals surface area contributed by atoms with Crippen molar-refractivity contribution in [3.05, 3.63) is 39.4 Å². The number of piperidine rings is 1. The minimum Gasteiger partial charge on any atom is -0.452 e. The van der Waals surface area contributed by atoms with E-state index in [1.54, 1.807) is 24.0 Å². The number of ether oxygens (including phenoxy) is 1. The summed E-state index contributed by atoms with van der Waals surface area (Å²) in [5, 5.41) is 11.1. The van der Waals surface area contributed by atoms with Gasteiger partial charge in [-0.3, -0.25) is 14.9 Å². The number of benzene rings is 1. The summed E-state index contributed by atoms with van der Waals surface area (Å²) < 4.78 is 5.02. The summed E-state index contributed by atoms with van der Waals surface area (Å²) in [6.45, 7) is 6.60. The number of aryl methyl sites for hydroxylation is 1. The number of carbonyl (C=O) groups excluding carboxylic acids is 2. The molecule has 0 radical (unpaired) electrons. The van der Waals surface area contributed by atoms with Crippen molar-refractivity contribution in [1.82, 2.24) is 4.90 Å². The molecular weight excluding hydrogens is 312 g/mol. The fourth-order valence-electron chi connectivity index (χ4n) is 3.23. The highest BCUT2D eigenvalue weighted by Crippen LogP contribution is 2.24. The molecule has 0 spiro atoms. The molecule has 1 fully saturated rings. The third-order valence-electron chi connectivity index (χ3n) is 4.19. The number of amides is 1. The first-order valence-corrected chi connectivity index (χ1v) is 7.98. The maximum absolute atomic E-state index is 12.2. The number of rotatable bonds is 4. The number of nitrogens with zero attached hydrogens (tertiary/aromatic N) is 2. The average molecular weight is 334 g/mol. The second kappa shape index (κ2) is 7.42. The van der Waals surface area contributed by atoms with Crippen LogP contribution in [0.15, 0.2) is 18.2 Å². The first kappa shape index (κ1) is 17.9. The van der Waals surface area contributed by atoms with Crippen molar-refractivity contribution in [2.75, 3.05) is 19.7 Å². The highest BCUT2D eigenvalue weighted by molar-refractivity contribution is 5.95.